The van der Waals surface area contributed by atoms with Gasteiger partial charge in [-0.15, -0.1) is 13.2 Å². The van der Waals surface area contributed by atoms with Crippen LogP contribution in [0.1, 0.15) is 42.9 Å². The van der Waals surface area contributed by atoms with Crippen molar-refractivity contribution in [2.45, 2.75) is 56.8 Å². The van der Waals surface area contributed by atoms with Gasteiger partial charge in [0.25, 0.3) is 0 Å². The number of piperidine rings is 1. The molecule has 4 nitrogen and oxygen atoms in total. The van der Waals surface area contributed by atoms with Gasteiger partial charge in [-0.1, -0.05) is 30.3 Å². The highest BCUT2D eigenvalue weighted by Crippen LogP contribution is 2.33. The van der Waals surface area contributed by atoms with Crippen LogP contribution in [-0.2, 0) is 6.54 Å². The standard InChI is InChI=1S/C22H25F3N2O2/c23-22(24,25)29-18-10-11-20(28-17-8-9-17)16(13-18)14-27-19-7-4-12-26-21(19)15-5-2-1-3-6-15/h1-3,5-6,10-11,13,17,19,21,26-27H,4,7-9,12,14H2/t19-,21-/m0/s1. The third-order valence-electron chi connectivity index (χ3n) is 5.26. The molecule has 2 aromatic carbocycles. The van der Waals surface area contributed by atoms with E-state index in [4.69, 9.17) is 4.74 Å². The van der Waals surface area contributed by atoms with Gasteiger partial charge in [0.2, 0.25) is 0 Å². The number of benzene rings is 2. The summed E-state index contributed by atoms with van der Waals surface area (Å²) < 4.78 is 47.9. The van der Waals surface area contributed by atoms with Gasteiger partial charge in [0.1, 0.15) is 11.5 Å². The Morgan fingerprint density at radius 1 is 1.03 bits per heavy atom. The van der Waals surface area contributed by atoms with E-state index in [1.54, 1.807) is 6.07 Å². The van der Waals surface area contributed by atoms with Crippen molar-refractivity contribution in [3.05, 3.63) is 59.7 Å². The second-order valence-electron chi connectivity index (χ2n) is 7.61. The zero-order valence-electron chi connectivity index (χ0n) is 16.0. The summed E-state index contributed by atoms with van der Waals surface area (Å²) in [6.07, 6.45) is -0.549. The number of alkyl halides is 3. The monoisotopic (exact) mass is 406 g/mol. The Kier molecular flexibility index (Phi) is 5.96. The van der Waals surface area contributed by atoms with Gasteiger partial charge in [0.15, 0.2) is 0 Å². The lowest BCUT2D eigenvalue weighted by Crippen LogP contribution is -2.45. The first kappa shape index (κ1) is 20.0. The summed E-state index contributed by atoms with van der Waals surface area (Å²) in [4.78, 5) is 0. The first-order valence-corrected chi connectivity index (χ1v) is 10.0. The molecule has 2 atom stereocenters. The van der Waals surface area contributed by atoms with Gasteiger partial charge in [-0.2, -0.15) is 0 Å². The molecule has 0 bridgehead atoms. The second-order valence-corrected chi connectivity index (χ2v) is 7.61. The molecule has 1 aliphatic carbocycles. The van der Waals surface area contributed by atoms with Crippen LogP contribution in [0, 0.1) is 0 Å². The van der Waals surface area contributed by atoms with Crippen LogP contribution < -0.4 is 20.1 Å². The average Bonchev–Trinajstić information content (AvgIpc) is 3.52. The fourth-order valence-corrected chi connectivity index (χ4v) is 3.73. The van der Waals surface area contributed by atoms with Gasteiger partial charge >= 0.3 is 6.36 Å². The molecule has 2 aromatic rings. The zero-order valence-corrected chi connectivity index (χ0v) is 16.0. The third-order valence-corrected chi connectivity index (χ3v) is 5.26. The highest BCUT2D eigenvalue weighted by atomic mass is 19.4. The van der Waals surface area contributed by atoms with E-state index in [1.807, 2.05) is 18.2 Å². The van der Waals surface area contributed by atoms with Crippen molar-refractivity contribution < 1.29 is 22.6 Å². The topological polar surface area (TPSA) is 42.5 Å². The highest BCUT2D eigenvalue weighted by Gasteiger charge is 2.32. The highest BCUT2D eigenvalue weighted by molar-refractivity contribution is 5.41. The van der Waals surface area contributed by atoms with Crippen molar-refractivity contribution in [2.24, 2.45) is 0 Å². The molecule has 1 saturated carbocycles. The van der Waals surface area contributed by atoms with Crippen LogP contribution in [0.15, 0.2) is 48.5 Å². The Morgan fingerprint density at radius 3 is 2.55 bits per heavy atom. The molecule has 1 saturated heterocycles. The summed E-state index contributed by atoms with van der Waals surface area (Å²) >= 11 is 0. The van der Waals surface area contributed by atoms with Crippen LogP contribution >= 0.6 is 0 Å². The van der Waals surface area contributed by atoms with Crippen LogP contribution in [0.4, 0.5) is 13.2 Å². The minimum Gasteiger partial charge on any atom is -0.490 e. The van der Waals surface area contributed by atoms with Crippen LogP contribution in [0.25, 0.3) is 0 Å². The number of nitrogens with one attached hydrogen (secondary N) is 2. The normalized spacial score (nSPS) is 22.3. The molecule has 0 radical (unpaired) electrons. The molecule has 2 fully saturated rings. The number of halogens is 3. The summed E-state index contributed by atoms with van der Waals surface area (Å²) in [7, 11) is 0. The van der Waals surface area contributed by atoms with Crippen LogP contribution in [0.5, 0.6) is 11.5 Å². The quantitative estimate of drug-likeness (QED) is 0.699. The molecule has 2 N–H and O–H groups in total. The molecule has 0 aromatic heterocycles. The smallest absolute Gasteiger partial charge is 0.490 e. The zero-order chi connectivity index (χ0) is 20.3. The van der Waals surface area contributed by atoms with Gasteiger partial charge in [-0.25, -0.2) is 0 Å². The fraction of sp³-hybridized carbons (Fsp3) is 0.455. The molecular formula is C22H25F3N2O2. The van der Waals surface area contributed by atoms with Crippen molar-refractivity contribution in [1.29, 1.82) is 0 Å². The molecule has 1 heterocycles. The van der Waals surface area contributed by atoms with E-state index in [9.17, 15) is 13.2 Å². The fourth-order valence-electron chi connectivity index (χ4n) is 3.73. The maximum Gasteiger partial charge on any atom is 0.573 e. The minimum atomic E-state index is -4.71. The lowest BCUT2D eigenvalue weighted by Gasteiger charge is -2.34. The largest absolute Gasteiger partial charge is 0.573 e. The maximum absolute atomic E-state index is 12.6. The van der Waals surface area contributed by atoms with Crippen molar-refractivity contribution in [3.8, 4) is 11.5 Å². The molecular weight excluding hydrogens is 381 g/mol. The molecule has 4 rings (SSSR count). The van der Waals surface area contributed by atoms with E-state index in [2.05, 4.69) is 27.5 Å². The summed E-state index contributed by atoms with van der Waals surface area (Å²) in [6, 6.07) is 14.8. The predicted octanol–water partition coefficient (Wildman–Crippen LogP) is 4.71. The van der Waals surface area contributed by atoms with Gasteiger partial charge in [-0.05, 0) is 56.0 Å². The van der Waals surface area contributed by atoms with E-state index < -0.39 is 6.36 Å². The van der Waals surface area contributed by atoms with E-state index >= 15 is 0 Å². The Morgan fingerprint density at radius 2 is 1.83 bits per heavy atom. The molecule has 156 valence electrons. The first-order valence-electron chi connectivity index (χ1n) is 10.0. The lowest BCUT2D eigenvalue weighted by molar-refractivity contribution is -0.274. The minimum absolute atomic E-state index is 0.160. The van der Waals surface area contributed by atoms with Crippen LogP contribution in [-0.4, -0.2) is 25.1 Å². The number of hydrogen-bond donors (Lipinski definition) is 2. The number of rotatable bonds is 7. The predicted molar refractivity (Wildman–Crippen MR) is 104 cm³/mol. The van der Waals surface area contributed by atoms with Gasteiger partial charge in [0, 0.05) is 24.2 Å². The molecule has 0 unspecified atom stereocenters. The summed E-state index contributed by atoms with van der Waals surface area (Å²) in [6.45, 7) is 1.36. The summed E-state index contributed by atoms with van der Waals surface area (Å²) in [5.41, 5.74) is 1.88. The van der Waals surface area contributed by atoms with Crippen molar-refractivity contribution in [2.75, 3.05) is 6.54 Å². The molecule has 7 heteroatoms. The first-order chi connectivity index (χ1) is 14.0. The number of ether oxygens (including phenoxy) is 2. The lowest BCUT2D eigenvalue weighted by atomic mass is 9.92. The average molecular weight is 406 g/mol. The van der Waals surface area contributed by atoms with Gasteiger partial charge < -0.3 is 20.1 Å². The van der Waals surface area contributed by atoms with E-state index in [0.29, 0.717) is 17.9 Å². The van der Waals surface area contributed by atoms with E-state index in [-0.39, 0.29) is 23.9 Å². The molecule has 29 heavy (non-hydrogen) atoms. The summed E-state index contributed by atoms with van der Waals surface area (Å²) in [5.74, 6) is 0.397. The Hall–Kier alpha value is -2.25. The van der Waals surface area contributed by atoms with E-state index in [0.717, 1.165) is 32.2 Å². The second kappa shape index (κ2) is 8.63. The van der Waals surface area contributed by atoms with Crippen molar-refractivity contribution >= 4 is 0 Å². The Bertz CT molecular complexity index is 809. The van der Waals surface area contributed by atoms with E-state index in [1.165, 1.54) is 17.7 Å². The SMILES string of the molecule is FC(F)(F)Oc1ccc(OC2CC2)c(CN[C@H]2CCCN[C@H]2c2ccccc2)c1. The molecule has 0 amide bonds. The Balaban J connectivity index is 1.49. The molecule has 0 spiro atoms. The maximum atomic E-state index is 12.6. The number of hydrogen-bond acceptors (Lipinski definition) is 4. The molecule has 1 aliphatic heterocycles. The van der Waals surface area contributed by atoms with Crippen molar-refractivity contribution in [1.82, 2.24) is 10.6 Å². The van der Waals surface area contributed by atoms with Crippen LogP contribution in [0.3, 0.4) is 0 Å². The van der Waals surface area contributed by atoms with Crippen molar-refractivity contribution in [3.63, 3.8) is 0 Å². The third kappa shape index (κ3) is 5.64. The summed E-state index contributed by atoms with van der Waals surface area (Å²) in [5, 5.41) is 7.09. The van der Waals surface area contributed by atoms with Crippen LogP contribution in [0.2, 0.25) is 0 Å². The van der Waals surface area contributed by atoms with Gasteiger partial charge in [0.05, 0.1) is 6.10 Å². The van der Waals surface area contributed by atoms with Gasteiger partial charge in [-0.3, -0.25) is 0 Å². The molecule has 2 aliphatic rings. The Labute approximate surface area is 168 Å².